The Labute approximate surface area is 306 Å². The molecule has 4 nitrogen and oxygen atoms in total. The second-order valence-electron chi connectivity index (χ2n) is 13.1. The largest absolute Gasteiger partial charge is 0.416 e. The first-order chi connectivity index (χ1) is 25.7. The molecule has 0 aliphatic heterocycles. The third kappa shape index (κ3) is 4.65. The van der Waals surface area contributed by atoms with Gasteiger partial charge in [-0.25, -0.2) is 0 Å². The summed E-state index contributed by atoms with van der Waals surface area (Å²) in [5.74, 6) is 1.00. The molecule has 52 heavy (non-hydrogen) atoms. The van der Waals surface area contributed by atoms with E-state index >= 15 is 0 Å². The van der Waals surface area contributed by atoms with Crippen molar-refractivity contribution >= 4 is 102 Å². The van der Waals surface area contributed by atoms with Crippen LogP contribution in [-0.2, 0) is 0 Å². The van der Waals surface area contributed by atoms with E-state index in [2.05, 4.69) is 149 Å². The van der Waals surface area contributed by atoms with E-state index in [-0.39, 0.29) is 0 Å². The van der Waals surface area contributed by atoms with Gasteiger partial charge in [0.25, 0.3) is 0 Å². The quantitative estimate of drug-likeness (QED) is 0.179. The Kier molecular flexibility index (Phi) is 6.56. The van der Waals surface area contributed by atoms with E-state index in [0.29, 0.717) is 11.8 Å². The van der Waals surface area contributed by atoms with Crippen molar-refractivity contribution in [2.45, 2.75) is 0 Å². The van der Waals surface area contributed by atoms with Crippen LogP contribution in [-0.4, -0.2) is 10.2 Å². The van der Waals surface area contributed by atoms with Crippen molar-refractivity contribution in [3.8, 4) is 22.9 Å². The molecule has 0 atom stereocenters. The average molecular weight is 702 g/mol. The Morgan fingerprint density at radius 1 is 0.385 bits per heavy atom. The van der Waals surface area contributed by atoms with Crippen molar-refractivity contribution in [1.82, 2.24) is 10.2 Å². The molecule has 3 aromatic heterocycles. The van der Waals surface area contributed by atoms with Crippen LogP contribution in [0.15, 0.2) is 168 Å². The minimum Gasteiger partial charge on any atom is -0.416 e. The molecule has 0 aliphatic carbocycles. The molecule has 11 aromatic rings. The van der Waals surface area contributed by atoms with Crippen LogP contribution in [0.2, 0.25) is 0 Å². The maximum atomic E-state index is 6.12. The van der Waals surface area contributed by atoms with Gasteiger partial charge in [-0.05, 0) is 83.6 Å². The third-order valence-electron chi connectivity index (χ3n) is 10.0. The van der Waals surface area contributed by atoms with Gasteiger partial charge < -0.3 is 9.32 Å². The van der Waals surface area contributed by atoms with Gasteiger partial charge in [0.15, 0.2) is 0 Å². The smallest absolute Gasteiger partial charge is 0.248 e. The molecule has 0 saturated heterocycles. The van der Waals surface area contributed by atoms with Gasteiger partial charge in [0.2, 0.25) is 11.8 Å². The van der Waals surface area contributed by atoms with E-state index in [1.807, 2.05) is 53.0 Å². The molecular weight excluding hydrogens is 675 g/mol. The number of aromatic nitrogens is 2. The molecule has 6 heteroatoms. The maximum absolute atomic E-state index is 6.12. The van der Waals surface area contributed by atoms with Gasteiger partial charge in [-0.15, -0.1) is 32.9 Å². The Morgan fingerprint density at radius 3 is 1.40 bits per heavy atom. The van der Waals surface area contributed by atoms with Crippen LogP contribution in [0.5, 0.6) is 0 Å². The lowest BCUT2D eigenvalue weighted by Gasteiger charge is -2.26. The molecule has 0 bridgehead atoms. The highest BCUT2D eigenvalue weighted by molar-refractivity contribution is 7.27. The number of nitrogens with zero attached hydrogens (tertiary/aromatic N) is 3. The standard InChI is InChI=1S/C46H27N3OS2/c1-2-8-30(9-3-1)45-47-48-46(50-45)31-16-20-32(21-17-31)49(33-22-14-28-18-24-37-35-10-4-6-12-41(35)51-43(37)39(28)26-33)34-23-15-29-19-25-38-36-11-5-7-13-42(36)52-44(38)40(29)27-34/h1-27H. The Bertz CT molecular complexity index is 2990. The number of hydrogen-bond donors (Lipinski definition) is 0. The Morgan fingerprint density at radius 2 is 0.846 bits per heavy atom. The molecule has 11 rings (SSSR count). The summed E-state index contributed by atoms with van der Waals surface area (Å²) in [5, 5.41) is 18.9. The molecule has 0 N–H and O–H groups in total. The maximum Gasteiger partial charge on any atom is 0.248 e. The van der Waals surface area contributed by atoms with Crippen LogP contribution in [0.3, 0.4) is 0 Å². The summed E-state index contributed by atoms with van der Waals surface area (Å²) in [6.45, 7) is 0. The minimum absolute atomic E-state index is 0.493. The zero-order chi connectivity index (χ0) is 34.2. The number of benzene rings is 8. The molecule has 0 spiro atoms. The lowest BCUT2D eigenvalue weighted by Crippen LogP contribution is -2.10. The molecule has 0 saturated carbocycles. The molecule has 8 aromatic carbocycles. The molecular formula is C46H27N3OS2. The van der Waals surface area contributed by atoms with E-state index in [1.54, 1.807) is 0 Å². The summed E-state index contributed by atoms with van der Waals surface area (Å²) in [6.07, 6.45) is 0. The lowest BCUT2D eigenvalue weighted by atomic mass is 10.0. The van der Waals surface area contributed by atoms with Crippen LogP contribution in [0.25, 0.3) is 84.8 Å². The van der Waals surface area contributed by atoms with Crippen molar-refractivity contribution in [2.24, 2.45) is 0 Å². The van der Waals surface area contributed by atoms with Gasteiger partial charge in [-0.2, -0.15) is 0 Å². The SMILES string of the molecule is c1ccc(-c2nnc(-c3ccc(N(c4ccc5ccc6c7ccccc7sc6c5c4)c4ccc5ccc6c7ccccc7sc6c5c4)cc3)o2)cc1. The monoisotopic (exact) mass is 701 g/mol. The van der Waals surface area contributed by atoms with Crippen LogP contribution < -0.4 is 4.90 Å². The van der Waals surface area contributed by atoms with E-state index in [0.717, 1.165) is 28.2 Å². The fourth-order valence-electron chi connectivity index (χ4n) is 7.50. The number of rotatable bonds is 5. The normalized spacial score (nSPS) is 11.8. The first-order valence-corrected chi connectivity index (χ1v) is 18.9. The average Bonchev–Trinajstić information content (AvgIpc) is 3.95. The van der Waals surface area contributed by atoms with Gasteiger partial charge in [0.05, 0.1) is 0 Å². The highest BCUT2D eigenvalue weighted by Crippen LogP contribution is 2.44. The second kappa shape index (κ2) is 11.6. The number of anilines is 3. The zero-order valence-electron chi connectivity index (χ0n) is 27.7. The van der Waals surface area contributed by atoms with Crippen LogP contribution in [0, 0.1) is 0 Å². The summed E-state index contributed by atoms with van der Waals surface area (Å²) in [5.41, 5.74) is 5.00. The Balaban J connectivity index is 1.09. The molecule has 0 fully saturated rings. The van der Waals surface area contributed by atoms with Crippen molar-refractivity contribution < 1.29 is 4.42 Å². The van der Waals surface area contributed by atoms with E-state index in [1.165, 1.54) is 61.9 Å². The third-order valence-corrected chi connectivity index (χ3v) is 12.5. The summed E-state index contributed by atoms with van der Waals surface area (Å²) in [6, 6.07) is 58.5. The van der Waals surface area contributed by atoms with Crippen LogP contribution in [0.4, 0.5) is 17.1 Å². The summed E-state index contributed by atoms with van der Waals surface area (Å²) in [7, 11) is 0. The highest BCUT2D eigenvalue weighted by Gasteiger charge is 2.18. The van der Waals surface area contributed by atoms with Crippen molar-refractivity contribution in [3.05, 3.63) is 164 Å². The zero-order valence-corrected chi connectivity index (χ0v) is 29.3. The minimum atomic E-state index is 0.493. The lowest BCUT2D eigenvalue weighted by molar-refractivity contribution is 0.584. The van der Waals surface area contributed by atoms with E-state index < -0.39 is 0 Å². The van der Waals surface area contributed by atoms with Gasteiger partial charge >= 0.3 is 0 Å². The van der Waals surface area contributed by atoms with Gasteiger partial charge in [0, 0.05) is 79.3 Å². The van der Waals surface area contributed by atoms with Crippen LogP contribution in [0.1, 0.15) is 0 Å². The molecule has 0 unspecified atom stereocenters. The first kappa shape index (κ1) is 29.4. The van der Waals surface area contributed by atoms with Crippen LogP contribution >= 0.6 is 22.7 Å². The predicted molar refractivity (Wildman–Crippen MR) is 221 cm³/mol. The second-order valence-corrected chi connectivity index (χ2v) is 15.2. The van der Waals surface area contributed by atoms with Crippen molar-refractivity contribution in [1.29, 1.82) is 0 Å². The van der Waals surface area contributed by atoms with Gasteiger partial charge in [-0.1, -0.05) is 91.0 Å². The molecule has 0 aliphatic rings. The summed E-state index contributed by atoms with van der Waals surface area (Å²) >= 11 is 3.74. The topological polar surface area (TPSA) is 42.2 Å². The van der Waals surface area contributed by atoms with Crippen molar-refractivity contribution in [3.63, 3.8) is 0 Å². The van der Waals surface area contributed by atoms with E-state index in [9.17, 15) is 0 Å². The van der Waals surface area contributed by atoms with Crippen molar-refractivity contribution in [2.75, 3.05) is 4.90 Å². The number of hydrogen-bond acceptors (Lipinski definition) is 6. The summed E-state index contributed by atoms with van der Waals surface area (Å²) < 4.78 is 11.4. The fraction of sp³-hybridized carbons (Fsp3) is 0. The number of thiophene rings is 2. The van der Waals surface area contributed by atoms with Gasteiger partial charge in [0.1, 0.15) is 0 Å². The molecule has 0 amide bonds. The molecule has 0 radical (unpaired) electrons. The number of fused-ring (bicyclic) bond motifs is 10. The Hall–Kier alpha value is -6.34. The predicted octanol–water partition coefficient (Wildman–Crippen LogP) is 13.9. The first-order valence-electron chi connectivity index (χ1n) is 17.2. The molecule has 244 valence electrons. The fourth-order valence-corrected chi connectivity index (χ4v) is 9.95. The molecule has 3 heterocycles. The summed E-state index contributed by atoms with van der Waals surface area (Å²) in [4.78, 5) is 2.37. The highest BCUT2D eigenvalue weighted by atomic mass is 32.1. The van der Waals surface area contributed by atoms with E-state index in [4.69, 9.17) is 4.42 Å². The van der Waals surface area contributed by atoms with Gasteiger partial charge in [-0.3, -0.25) is 0 Å².